The van der Waals surface area contributed by atoms with E-state index in [2.05, 4.69) is 65.2 Å². The maximum absolute atomic E-state index is 9.41. The number of unbranched alkanes of at least 4 members (excludes halogenated alkanes) is 12. The van der Waals surface area contributed by atoms with Gasteiger partial charge in [0.2, 0.25) is 0 Å². The lowest BCUT2D eigenvalue weighted by Crippen LogP contribution is -2.37. The van der Waals surface area contributed by atoms with Gasteiger partial charge in [-0.05, 0) is 37.7 Å². The molecule has 3 heteroatoms. The third kappa shape index (κ3) is 12.8. The van der Waals surface area contributed by atoms with Crippen molar-refractivity contribution in [3.8, 4) is 0 Å². The minimum atomic E-state index is 0.179. The van der Waals surface area contributed by atoms with Crippen LogP contribution >= 0.6 is 0 Å². The summed E-state index contributed by atoms with van der Waals surface area (Å²) >= 11 is 0. The standard InChI is InChI=1S/C30H48N2O/c1-2-3-4-5-6-7-8-9-10-11-12-13-14-15-16-20-23-29-27-32(24-25-33)30(31-29)26-28-21-18-17-19-22-28/h9-10,17-19,21-22,27,33H,2-8,11-16,20,23-26H2,1H3/p+1/b10-9-. The van der Waals surface area contributed by atoms with Gasteiger partial charge in [-0.25, -0.2) is 9.55 Å². The fourth-order valence-electron chi connectivity index (χ4n) is 4.49. The smallest absolute Gasteiger partial charge is 0.258 e. The number of imidazole rings is 1. The van der Waals surface area contributed by atoms with E-state index in [-0.39, 0.29) is 6.61 Å². The van der Waals surface area contributed by atoms with Crippen molar-refractivity contribution < 1.29 is 9.67 Å². The monoisotopic (exact) mass is 453 g/mol. The molecular formula is C30H49N2O+. The van der Waals surface area contributed by atoms with Gasteiger partial charge in [-0.2, -0.15) is 0 Å². The maximum atomic E-state index is 9.41. The van der Waals surface area contributed by atoms with Gasteiger partial charge in [0.1, 0.15) is 18.4 Å². The van der Waals surface area contributed by atoms with E-state index in [0.717, 1.165) is 12.8 Å². The van der Waals surface area contributed by atoms with E-state index in [0.29, 0.717) is 6.54 Å². The molecule has 0 bridgehead atoms. The van der Waals surface area contributed by atoms with Gasteiger partial charge in [0.15, 0.2) is 0 Å². The average Bonchev–Trinajstić information content (AvgIpc) is 3.20. The van der Waals surface area contributed by atoms with Crippen LogP contribution in [0.5, 0.6) is 0 Å². The lowest BCUT2D eigenvalue weighted by Gasteiger charge is -2.00. The van der Waals surface area contributed by atoms with Crippen molar-refractivity contribution in [1.82, 2.24) is 4.98 Å². The molecule has 1 aromatic carbocycles. The summed E-state index contributed by atoms with van der Waals surface area (Å²) in [5.74, 6) is 1.19. The molecule has 2 aromatic rings. The van der Waals surface area contributed by atoms with Crippen LogP contribution in [-0.2, 0) is 19.4 Å². The minimum Gasteiger partial charge on any atom is -0.392 e. The first-order valence-electron chi connectivity index (χ1n) is 13.7. The van der Waals surface area contributed by atoms with E-state index >= 15 is 0 Å². The van der Waals surface area contributed by atoms with Crippen LogP contribution in [0, 0.1) is 0 Å². The molecule has 0 aliphatic rings. The Morgan fingerprint density at radius 1 is 0.788 bits per heavy atom. The number of nitrogens with one attached hydrogen (secondary N) is 1. The van der Waals surface area contributed by atoms with Gasteiger partial charge in [0.05, 0.1) is 13.0 Å². The fourth-order valence-corrected chi connectivity index (χ4v) is 4.49. The van der Waals surface area contributed by atoms with Crippen molar-refractivity contribution >= 4 is 0 Å². The summed E-state index contributed by atoms with van der Waals surface area (Å²) in [5, 5.41) is 9.41. The summed E-state index contributed by atoms with van der Waals surface area (Å²) in [4.78, 5) is 3.61. The van der Waals surface area contributed by atoms with Crippen molar-refractivity contribution in [2.24, 2.45) is 0 Å². The average molecular weight is 454 g/mol. The molecule has 0 aliphatic heterocycles. The van der Waals surface area contributed by atoms with E-state index in [4.69, 9.17) is 0 Å². The number of hydrogen-bond acceptors (Lipinski definition) is 1. The summed E-state index contributed by atoms with van der Waals surface area (Å²) < 4.78 is 2.18. The molecule has 184 valence electrons. The highest BCUT2D eigenvalue weighted by Crippen LogP contribution is 2.12. The molecule has 33 heavy (non-hydrogen) atoms. The third-order valence-corrected chi connectivity index (χ3v) is 6.48. The highest BCUT2D eigenvalue weighted by Gasteiger charge is 2.15. The van der Waals surface area contributed by atoms with Gasteiger partial charge in [-0.1, -0.05) is 107 Å². The van der Waals surface area contributed by atoms with Crippen molar-refractivity contribution in [2.45, 2.75) is 116 Å². The zero-order chi connectivity index (χ0) is 23.4. The Kier molecular flexibility index (Phi) is 15.4. The number of H-pyrrole nitrogens is 1. The van der Waals surface area contributed by atoms with Crippen molar-refractivity contribution in [3.63, 3.8) is 0 Å². The Morgan fingerprint density at radius 3 is 2.03 bits per heavy atom. The van der Waals surface area contributed by atoms with Crippen LogP contribution in [0.1, 0.15) is 114 Å². The summed E-state index contributed by atoms with van der Waals surface area (Å²) in [6.45, 7) is 3.12. The van der Waals surface area contributed by atoms with Crippen LogP contribution in [0.4, 0.5) is 0 Å². The molecule has 3 nitrogen and oxygen atoms in total. The van der Waals surface area contributed by atoms with Crippen LogP contribution in [0.25, 0.3) is 0 Å². The van der Waals surface area contributed by atoms with Crippen LogP contribution in [0.15, 0.2) is 48.7 Å². The molecule has 1 heterocycles. The third-order valence-electron chi connectivity index (χ3n) is 6.48. The zero-order valence-corrected chi connectivity index (χ0v) is 21.2. The Labute approximate surface area is 203 Å². The van der Waals surface area contributed by atoms with Gasteiger partial charge < -0.3 is 5.11 Å². The first-order valence-corrected chi connectivity index (χ1v) is 13.7. The first kappa shape index (κ1) is 27.4. The second-order valence-corrected chi connectivity index (χ2v) is 9.49. The molecule has 2 rings (SSSR count). The summed E-state index contributed by atoms with van der Waals surface area (Å²) in [6, 6.07) is 10.6. The van der Waals surface area contributed by atoms with Crippen LogP contribution < -0.4 is 4.57 Å². The van der Waals surface area contributed by atoms with Gasteiger partial charge in [-0.3, -0.25) is 0 Å². The number of rotatable bonds is 20. The molecule has 0 fully saturated rings. The molecule has 0 aliphatic carbocycles. The molecule has 0 radical (unpaired) electrons. The number of hydrogen-bond donors (Lipinski definition) is 2. The van der Waals surface area contributed by atoms with Gasteiger partial charge in [-0.15, -0.1) is 0 Å². The fraction of sp³-hybridized carbons (Fsp3) is 0.633. The van der Waals surface area contributed by atoms with Gasteiger partial charge in [0.25, 0.3) is 5.82 Å². The van der Waals surface area contributed by atoms with E-state index in [1.54, 1.807) is 0 Å². The normalized spacial score (nSPS) is 11.6. The molecule has 1 aromatic heterocycles. The number of aliphatic hydroxyl groups excluding tert-OH is 1. The molecule has 0 unspecified atom stereocenters. The van der Waals surface area contributed by atoms with Gasteiger partial charge in [0, 0.05) is 6.42 Å². The molecule has 0 saturated carbocycles. The highest BCUT2D eigenvalue weighted by atomic mass is 16.3. The number of nitrogens with zero attached hydrogens (tertiary/aromatic N) is 1. The lowest BCUT2D eigenvalue weighted by molar-refractivity contribution is -0.703. The summed E-state index contributed by atoms with van der Waals surface area (Å²) in [5.41, 5.74) is 2.60. The van der Waals surface area contributed by atoms with E-state index < -0.39 is 0 Å². The second-order valence-electron chi connectivity index (χ2n) is 9.49. The molecule has 0 spiro atoms. The number of aryl methyl sites for hydroxylation is 1. The largest absolute Gasteiger partial charge is 0.392 e. The van der Waals surface area contributed by atoms with Crippen molar-refractivity contribution in [2.75, 3.05) is 6.61 Å². The van der Waals surface area contributed by atoms with E-state index in [1.165, 1.54) is 107 Å². The Balaban J connectivity index is 1.50. The first-order chi connectivity index (χ1) is 16.3. The zero-order valence-electron chi connectivity index (χ0n) is 21.2. The Hall–Kier alpha value is -1.87. The molecular weight excluding hydrogens is 404 g/mol. The molecule has 2 N–H and O–H groups in total. The number of allylic oxidation sites excluding steroid dienone is 2. The highest BCUT2D eigenvalue weighted by molar-refractivity contribution is 5.18. The molecule has 0 atom stereocenters. The predicted octanol–water partition coefficient (Wildman–Crippen LogP) is 7.47. The Bertz CT molecular complexity index is 735. The SMILES string of the molecule is CCCCCCCC/C=C\CCCCCCCCc1c[n+](CCO)c(Cc2ccccc2)[nH]1. The topological polar surface area (TPSA) is 39.9 Å². The van der Waals surface area contributed by atoms with Gasteiger partial charge >= 0.3 is 0 Å². The number of aromatic amines is 1. The minimum absolute atomic E-state index is 0.179. The van der Waals surface area contributed by atoms with Crippen LogP contribution in [0.2, 0.25) is 0 Å². The number of aromatic nitrogens is 2. The predicted molar refractivity (Wildman–Crippen MR) is 140 cm³/mol. The number of aliphatic hydroxyl groups is 1. The molecule has 0 saturated heterocycles. The Morgan fingerprint density at radius 2 is 1.39 bits per heavy atom. The van der Waals surface area contributed by atoms with Crippen LogP contribution in [0.3, 0.4) is 0 Å². The quantitative estimate of drug-likeness (QED) is 0.122. The van der Waals surface area contributed by atoms with E-state index in [1.807, 2.05) is 0 Å². The maximum Gasteiger partial charge on any atom is 0.258 e. The summed E-state index contributed by atoms with van der Waals surface area (Å²) in [7, 11) is 0. The summed E-state index contributed by atoms with van der Waals surface area (Å²) in [6.07, 6.45) is 27.8. The second kappa shape index (κ2) is 18.5. The molecule has 0 amide bonds. The van der Waals surface area contributed by atoms with E-state index in [9.17, 15) is 5.11 Å². The lowest BCUT2D eigenvalue weighted by atomic mass is 10.1. The number of benzene rings is 1. The van der Waals surface area contributed by atoms with Crippen molar-refractivity contribution in [1.29, 1.82) is 0 Å². The van der Waals surface area contributed by atoms with Crippen LogP contribution in [-0.4, -0.2) is 16.7 Å². The van der Waals surface area contributed by atoms with Crippen molar-refractivity contribution in [3.05, 3.63) is 65.8 Å².